The standard InChI is InChI=1S/C29H40Br4O6/c1-5-7-9-36-15-21(34)17-38-27-23(30)11-19(12-24(27)31)29(3,4)20-13-25(32)28(26(33)14-20)39-18-22(35)16-37-10-8-6-2/h11-14,21-22,34-35H,5-10,15-18H2,1-4H3. The predicted molar refractivity (Wildman–Crippen MR) is 170 cm³/mol. The summed E-state index contributed by atoms with van der Waals surface area (Å²) >= 11 is 14.6. The Morgan fingerprint density at radius 2 is 0.974 bits per heavy atom. The van der Waals surface area contributed by atoms with Crippen LogP contribution in [-0.4, -0.2) is 62.1 Å². The zero-order valence-electron chi connectivity index (χ0n) is 23.1. The van der Waals surface area contributed by atoms with Crippen LogP contribution in [0, 0.1) is 0 Å². The predicted octanol–water partition coefficient (Wildman–Crippen LogP) is 8.18. The fourth-order valence-corrected chi connectivity index (χ4v) is 6.50. The largest absolute Gasteiger partial charge is 0.488 e. The van der Waals surface area contributed by atoms with Crippen LogP contribution >= 0.6 is 63.7 Å². The van der Waals surface area contributed by atoms with Crippen LogP contribution in [0.4, 0.5) is 0 Å². The Hall–Kier alpha value is -0.200. The van der Waals surface area contributed by atoms with Gasteiger partial charge in [-0.15, -0.1) is 0 Å². The average molecular weight is 804 g/mol. The van der Waals surface area contributed by atoms with Crippen molar-refractivity contribution in [3.8, 4) is 11.5 Å². The summed E-state index contributed by atoms with van der Waals surface area (Å²) in [7, 11) is 0. The van der Waals surface area contributed by atoms with Crippen LogP contribution in [0.2, 0.25) is 0 Å². The van der Waals surface area contributed by atoms with Gasteiger partial charge in [-0.05, 0) is 112 Å². The van der Waals surface area contributed by atoms with Crippen molar-refractivity contribution < 1.29 is 29.2 Å². The van der Waals surface area contributed by atoms with Gasteiger partial charge < -0.3 is 29.2 Å². The summed E-state index contributed by atoms with van der Waals surface area (Å²) < 4.78 is 25.9. The molecule has 2 aromatic rings. The Morgan fingerprint density at radius 3 is 1.28 bits per heavy atom. The smallest absolute Gasteiger partial charge is 0.147 e. The number of aliphatic hydroxyl groups excluding tert-OH is 2. The number of aliphatic hydroxyl groups is 2. The van der Waals surface area contributed by atoms with Gasteiger partial charge in [0.25, 0.3) is 0 Å². The summed E-state index contributed by atoms with van der Waals surface area (Å²) in [4.78, 5) is 0. The van der Waals surface area contributed by atoms with Crippen molar-refractivity contribution in [3.05, 3.63) is 53.3 Å². The van der Waals surface area contributed by atoms with Gasteiger partial charge >= 0.3 is 0 Å². The molecule has 2 unspecified atom stereocenters. The van der Waals surface area contributed by atoms with Gasteiger partial charge in [-0.25, -0.2) is 0 Å². The molecule has 10 heteroatoms. The fraction of sp³-hybridized carbons (Fsp3) is 0.586. The lowest BCUT2D eigenvalue weighted by molar-refractivity contribution is 0.0110. The maximum Gasteiger partial charge on any atom is 0.147 e. The van der Waals surface area contributed by atoms with Crippen molar-refractivity contribution in [2.24, 2.45) is 0 Å². The van der Waals surface area contributed by atoms with E-state index in [1.54, 1.807) is 0 Å². The molecule has 6 nitrogen and oxygen atoms in total. The highest BCUT2D eigenvalue weighted by Gasteiger charge is 2.27. The number of benzene rings is 2. The van der Waals surface area contributed by atoms with Crippen molar-refractivity contribution in [3.63, 3.8) is 0 Å². The molecule has 2 N–H and O–H groups in total. The Kier molecular flexibility index (Phi) is 15.9. The normalized spacial score (nSPS) is 13.4. The van der Waals surface area contributed by atoms with Crippen molar-refractivity contribution in [1.82, 2.24) is 0 Å². The Morgan fingerprint density at radius 1 is 0.641 bits per heavy atom. The van der Waals surface area contributed by atoms with Crippen LogP contribution in [0.3, 0.4) is 0 Å². The minimum Gasteiger partial charge on any atom is -0.488 e. The molecule has 0 saturated carbocycles. The monoisotopic (exact) mass is 800 g/mol. The molecule has 0 saturated heterocycles. The minimum atomic E-state index is -0.707. The van der Waals surface area contributed by atoms with Crippen molar-refractivity contribution >= 4 is 63.7 Å². The van der Waals surface area contributed by atoms with Gasteiger partial charge in [-0.1, -0.05) is 40.5 Å². The average Bonchev–Trinajstić information content (AvgIpc) is 2.88. The quantitative estimate of drug-likeness (QED) is 0.148. The molecule has 2 aromatic carbocycles. The van der Waals surface area contributed by atoms with E-state index in [9.17, 15) is 10.2 Å². The maximum atomic E-state index is 10.2. The summed E-state index contributed by atoms with van der Waals surface area (Å²) in [5.74, 6) is 1.26. The molecule has 0 heterocycles. The molecule has 0 radical (unpaired) electrons. The second-order valence-corrected chi connectivity index (χ2v) is 13.4. The van der Waals surface area contributed by atoms with Gasteiger partial charge in [0.2, 0.25) is 0 Å². The molecule has 0 amide bonds. The highest BCUT2D eigenvalue weighted by atomic mass is 79.9. The molecular formula is C29H40Br4O6. The van der Waals surface area contributed by atoms with E-state index in [1.165, 1.54) is 0 Å². The van der Waals surface area contributed by atoms with Crippen molar-refractivity contribution in [1.29, 1.82) is 0 Å². The number of hydrogen-bond acceptors (Lipinski definition) is 6. The van der Waals surface area contributed by atoms with Crippen LogP contribution < -0.4 is 9.47 Å². The summed E-state index contributed by atoms with van der Waals surface area (Å²) in [6, 6.07) is 8.13. The number of unbranched alkanes of at least 4 members (excludes halogenated alkanes) is 2. The second-order valence-electron chi connectivity index (χ2n) is 9.95. The SMILES string of the molecule is CCCCOCC(O)COc1c(Br)cc(C(C)(C)c2cc(Br)c(OCC(O)COCCCC)c(Br)c2)cc1Br. The molecule has 39 heavy (non-hydrogen) atoms. The van der Waals surface area contributed by atoms with Crippen LogP contribution in [0.15, 0.2) is 42.2 Å². The van der Waals surface area contributed by atoms with Gasteiger partial charge in [0.15, 0.2) is 0 Å². The van der Waals surface area contributed by atoms with Crippen LogP contribution in [-0.2, 0) is 14.9 Å². The van der Waals surface area contributed by atoms with E-state index in [2.05, 4.69) is 91.4 Å². The molecule has 220 valence electrons. The minimum absolute atomic E-state index is 0.132. The van der Waals surface area contributed by atoms with Crippen molar-refractivity contribution in [2.75, 3.05) is 39.6 Å². The summed E-state index contributed by atoms with van der Waals surface area (Å²) in [5.41, 5.74) is 1.75. The van der Waals surface area contributed by atoms with Gasteiger partial charge in [0.1, 0.15) is 36.9 Å². The van der Waals surface area contributed by atoms with E-state index in [-0.39, 0.29) is 31.8 Å². The fourth-order valence-electron chi connectivity index (χ4n) is 3.67. The van der Waals surface area contributed by atoms with Crippen LogP contribution in [0.5, 0.6) is 11.5 Å². The number of halogens is 4. The molecule has 0 bridgehead atoms. The lowest BCUT2D eigenvalue weighted by Gasteiger charge is -2.28. The highest BCUT2D eigenvalue weighted by Crippen LogP contribution is 2.44. The molecule has 0 aliphatic rings. The lowest BCUT2D eigenvalue weighted by atomic mass is 9.78. The Balaban J connectivity index is 2.09. The molecule has 0 aliphatic heterocycles. The molecule has 2 rings (SSSR count). The molecule has 2 atom stereocenters. The second kappa shape index (κ2) is 17.7. The van der Waals surface area contributed by atoms with E-state index >= 15 is 0 Å². The van der Waals surface area contributed by atoms with E-state index in [0.717, 1.165) is 54.7 Å². The number of rotatable bonds is 18. The third-order valence-corrected chi connectivity index (χ3v) is 8.54. The lowest BCUT2D eigenvalue weighted by Crippen LogP contribution is -2.24. The molecule has 0 fully saturated rings. The first-order chi connectivity index (χ1) is 18.5. The Labute approximate surface area is 266 Å². The van der Waals surface area contributed by atoms with Gasteiger partial charge in [-0.2, -0.15) is 0 Å². The molecular weight excluding hydrogens is 764 g/mol. The first kappa shape index (κ1) is 35.0. The zero-order chi connectivity index (χ0) is 29.0. The zero-order valence-corrected chi connectivity index (χ0v) is 29.4. The van der Waals surface area contributed by atoms with Crippen LogP contribution in [0.25, 0.3) is 0 Å². The van der Waals surface area contributed by atoms with E-state index in [4.69, 9.17) is 18.9 Å². The maximum absolute atomic E-state index is 10.2. The van der Waals surface area contributed by atoms with Gasteiger partial charge in [0.05, 0.1) is 31.1 Å². The molecule has 0 aliphatic carbocycles. The number of ether oxygens (including phenoxy) is 4. The van der Waals surface area contributed by atoms with Crippen LogP contribution in [0.1, 0.15) is 64.5 Å². The third kappa shape index (κ3) is 11.2. The van der Waals surface area contributed by atoms with E-state index in [0.29, 0.717) is 24.7 Å². The Bertz CT molecular complexity index is 907. The summed E-state index contributed by atoms with van der Waals surface area (Å²) in [5, 5.41) is 20.4. The first-order valence-electron chi connectivity index (χ1n) is 13.3. The van der Waals surface area contributed by atoms with E-state index in [1.807, 2.05) is 24.3 Å². The molecule has 0 spiro atoms. The van der Waals surface area contributed by atoms with Gasteiger partial charge in [0, 0.05) is 18.6 Å². The van der Waals surface area contributed by atoms with Gasteiger partial charge in [-0.3, -0.25) is 0 Å². The summed E-state index contributed by atoms with van der Waals surface area (Å²) in [6.07, 6.45) is 2.65. The first-order valence-corrected chi connectivity index (χ1v) is 16.4. The highest BCUT2D eigenvalue weighted by molar-refractivity contribution is 9.11. The molecule has 0 aromatic heterocycles. The van der Waals surface area contributed by atoms with Crippen molar-refractivity contribution in [2.45, 2.75) is 71.0 Å². The topological polar surface area (TPSA) is 77.4 Å². The summed E-state index contributed by atoms with van der Waals surface area (Å²) in [6.45, 7) is 10.5. The van der Waals surface area contributed by atoms with E-state index < -0.39 is 12.2 Å². The third-order valence-electron chi connectivity index (χ3n) is 6.18. The number of hydrogen-bond donors (Lipinski definition) is 2.